The van der Waals surface area contributed by atoms with E-state index in [0.717, 1.165) is 0 Å². The monoisotopic (exact) mass is 213 g/mol. The molecule has 1 rings (SSSR count). The highest BCUT2D eigenvalue weighted by Gasteiger charge is 2.07. The molecule has 0 aliphatic rings. The van der Waals surface area contributed by atoms with Gasteiger partial charge >= 0.3 is 0 Å². The van der Waals surface area contributed by atoms with Crippen LogP contribution in [0.5, 0.6) is 0 Å². The maximum absolute atomic E-state index is 11.3. The number of nitrogens with zero attached hydrogens (tertiary/aromatic N) is 1. The van der Waals surface area contributed by atoms with Crippen molar-refractivity contribution < 1.29 is 9.59 Å². The van der Waals surface area contributed by atoms with Crippen molar-refractivity contribution in [3.63, 3.8) is 0 Å². The minimum Gasteiger partial charge on any atom is -0.368 e. The van der Waals surface area contributed by atoms with Gasteiger partial charge in [0.15, 0.2) is 0 Å². The molecule has 0 aromatic carbocycles. The molecule has 0 bridgehead atoms. The second-order valence-electron chi connectivity index (χ2n) is 2.51. The minimum atomic E-state index is -0.611. The Balaban J connectivity index is 2.65. The maximum atomic E-state index is 11.3. The summed E-state index contributed by atoms with van der Waals surface area (Å²) < 4.78 is 0. The van der Waals surface area contributed by atoms with Crippen LogP contribution in [0.1, 0.15) is 10.5 Å². The predicted molar refractivity (Wildman–Crippen MR) is 50.8 cm³/mol. The maximum Gasteiger partial charge on any atom is 0.270 e. The number of aromatic nitrogens is 1. The van der Waals surface area contributed by atoms with Gasteiger partial charge in [0.05, 0.1) is 6.54 Å². The third-order valence-corrected chi connectivity index (χ3v) is 1.61. The average molecular weight is 214 g/mol. The fourth-order valence-corrected chi connectivity index (χ4v) is 0.947. The number of nitrogens with one attached hydrogen (secondary N) is 1. The van der Waals surface area contributed by atoms with Crippen molar-refractivity contribution in [2.45, 2.75) is 0 Å². The fraction of sp³-hybridized carbons (Fsp3) is 0.125. The zero-order valence-corrected chi connectivity index (χ0v) is 7.91. The van der Waals surface area contributed by atoms with Crippen LogP contribution in [0.3, 0.4) is 0 Å². The van der Waals surface area contributed by atoms with E-state index in [2.05, 4.69) is 10.3 Å². The van der Waals surface area contributed by atoms with Crippen molar-refractivity contribution in [2.75, 3.05) is 6.54 Å². The number of amides is 2. The van der Waals surface area contributed by atoms with Crippen molar-refractivity contribution in [1.29, 1.82) is 0 Å². The van der Waals surface area contributed by atoms with Gasteiger partial charge in [-0.25, -0.2) is 0 Å². The number of carbonyl (C=O) groups is 2. The Hall–Kier alpha value is -1.62. The third-order valence-electron chi connectivity index (χ3n) is 1.38. The number of primary amides is 1. The van der Waals surface area contributed by atoms with Gasteiger partial charge in [-0.15, -0.1) is 0 Å². The molecule has 2 amide bonds. The molecule has 1 heterocycles. The van der Waals surface area contributed by atoms with Crippen LogP contribution in [-0.2, 0) is 4.79 Å². The van der Waals surface area contributed by atoms with Gasteiger partial charge in [-0.05, 0) is 12.1 Å². The Morgan fingerprint density at radius 3 is 2.86 bits per heavy atom. The molecular formula is C8H8ClN3O2. The first-order valence-electron chi connectivity index (χ1n) is 3.77. The molecule has 0 spiro atoms. The van der Waals surface area contributed by atoms with Gasteiger partial charge in [0.2, 0.25) is 5.91 Å². The highest BCUT2D eigenvalue weighted by molar-refractivity contribution is 6.30. The second-order valence-corrected chi connectivity index (χ2v) is 2.94. The standard InChI is InChI=1S/C8H8ClN3O2/c9-5-1-2-11-6(3-5)8(14)12-4-7(10)13/h1-3H,4H2,(H2,10,13)(H,12,14). The Morgan fingerprint density at radius 1 is 1.57 bits per heavy atom. The van der Waals surface area contributed by atoms with Crippen LogP contribution in [0.15, 0.2) is 18.3 Å². The molecular weight excluding hydrogens is 206 g/mol. The summed E-state index contributed by atoms with van der Waals surface area (Å²) in [6.07, 6.45) is 1.40. The van der Waals surface area contributed by atoms with Crippen molar-refractivity contribution in [3.8, 4) is 0 Å². The molecule has 0 aliphatic heterocycles. The summed E-state index contributed by atoms with van der Waals surface area (Å²) in [5, 5.41) is 2.70. The van der Waals surface area contributed by atoms with Crippen LogP contribution in [0, 0.1) is 0 Å². The van der Waals surface area contributed by atoms with E-state index in [1.807, 2.05) is 0 Å². The molecule has 14 heavy (non-hydrogen) atoms. The van der Waals surface area contributed by atoms with Gasteiger partial charge in [0.1, 0.15) is 5.69 Å². The topological polar surface area (TPSA) is 85.1 Å². The molecule has 0 aliphatic carbocycles. The van der Waals surface area contributed by atoms with Gasteiger partial charge in [-0.2, -0.15) is 0 Å². The minimum absolute atomic E-state index is 0.152. The number of rotatable bonds is 3. The lowest BCUT2D eigenvalue weighted by atomic mass is 10.3. The van der Waals surface area contributed by atoms with Gasteiger partial charge in [-0.1, -0.05) is 11.6 Å². The fourth-order valence-electron chi connectivity index (χ4n) is 0.787. The number of hydrogen-bond donors (Lipinski definition) is 2. The first kappa shape index (κ1) is 10.5. The molecule has 5 nitrogen and oxygen atoms in total. The van der Waals surface area contributed by atoms with E-state index in [0.29, 0.717) is 5.02 Å². The highest BCUT2D eigenvalue weighted by Crippen LogP contribution is 2.07. The lowest BCUT2D eigenvalue weighted by Crippen LogP contribution is -2.33. The zero-order valence-electron chi connectivity index (χ0n) is 7.16. The molecule has 3 N–H and O–H groups in total. The molecule has 6 heteroatoms. The number of carbonyl (C=O) groups excluding carboxylic acids is 2. The smallest absolute Gasteiger partial charge is 0.270 e. The summed E-state index contributed by atoms with van der Waals surface area (Å²) in [5.41, 5.74) is 5.00. The number of halogens is 1. The average Bonchev–Trinajstić information content (AvgIpc) is 2.14. The van der Waals surface area contributed by atoms with Gasteiger partial charge in [0.25, 0.3) is 5.91 Å². The van der Waals surface area contributed by atoms with E-state index in [4.69, 9.17) is 17.3 Å². The van der Waals surface area contributed by atoms with Crippen LogP contribution < -0.4 is 11.1 Å². The molecule has 0 saturated heterocycles. The first-order chi connectivity index (χ1) is 6.59. The van der Waals surface area contributed by atoms with E-state index in [9.17, 15) is 9.59 Å². The molecule has 74 valence electrons. The van der Waals surface area contributed by atoms with Crippen LogP contribution in [0.25, 0.3) is 0 Å². The summed E-state index contributed by atoms with van der Waals surface area (Å²) in [6.45, 7) is -0.215. The van der Waals surface area contributed by atoms with Crippen LogP contribution in [0.4, 0.5) is 0 Å². The van der Waals surface area contributed by atoms with Crippen LogP contribution in [-0.4, -0.2) is 23.3 Å². The summed E-state index contributed by atoms with van der Waals surface area (Å²) in [5.74, 6) is -1.09. The lowest BCUT2D eigenvalue weighted by Gasteiger charge is -2.01. The van der Waals surface area contributed by atoms with E-state index in [1.165, 1.54) is 12.3 Å². The largest absolute Gasteiger partial charge is 0.368 e. The van der Waals surface area contributed by atoms with Crippen LogP contribution in [0.2, 0.25) is 5.02 Å². The van der Waals surface area contributed by atoms with Crippen molar-refractivity contribution in [1.82, 2.24) is 10.3 Å². The molecule has 0 fully saturated rings. The number of hydrogen-bond acceptors (Lipinski definition) is 3. The number of pyridine rings is 1. The zero-order chi connectivity index (χ0) is 10.6. The van der Waals surface area contributed by atoms with E-state index >= 15 is 0 Å². The summed E-state index contributed by atoms with van der Waals surface area (Å²) in [4.78, 5) is 25.4. The SMILES string of the molecule is NC(=O)CNC(=O)c1cc(Cl)ccn1. The normalized spacial score (nSPS) is 9.50. The van der Waals surface area contributed by atoms with Crippen molar-refractivity contribution in [2.24, 2.45) is 5.73 Å². The summed E-state index contributed by atoms with van der Waals surface area (Å²) in [7, 11) is 0. The molecule has 0 saturated carbocycles. The van der Waals surface area contributed by atoms with Crippen molar-refractivity contribution in [3.05, 3.63) is 29.0 Å². The first-order valence-corrected chi connectivity index (χ1v) is 4.15. The third kappa shape index (κ3) is 3.02. The highest BCUT2D eigenvalue weighted by atomic mass is 35.5. The van der Waals surface area contributed by atoms with Gasteiger partial charge in [-0.3, -0.25) is 14.6 Å². The molecule has 0 unspecified atom stereocenters. The molecule has 1 aromatic rings. The van der Waals surface area contributed by atoms with Gasteiger partial charge in [0, 0.05) is 11.2 Å². The Kier molecular flexibility index (Phi) is 3.41. The Morgan fingerprint density at radius 2 is 2.29 bits per heavy atom. The van der Waals surface area contributed by atoms with E-state index < -0.39 is 11.8 Å². The molecule has 1 aromatic heterocycles. The van der Waals surface area contributed by atoms with Gasteiger partial charge < -0.3 is 11.1 Å². The quantitative estimate of drug-likeness (QED) is 0.738. The lowest BCUT2D eigenvalue weighted by molar-refractivity contribution is -0.117. The molecule has 0 atom stereocenters. The van der Waals surface area contributed by atoms with E-state index in [1.54, 1.807) is 6.07 Å². The van der Waals surface area contributed by atoms with Crippen LogP contribution >= 0.6 is 11.6 Å². The Labute approximate surface area is 85.3 Å². The Bertz CT molecular complexity index is 367. The van der Waals surface area contributed by atoms with Crippen molar-refractivity contribution >= 4 is 23.4 Å². The summed E-state index contributed by atoms with van der Waals surface area (Å²) >= 11 is 5.64. The molecule has 0 radical (unpaired) electrons. The second kappa shape index (κ2) is 4.57. The summed E-state index contributed by atoms with van der Waals surface area (Å²) in [6, 6.07) is 2.95. The van der Waals surface area contributed by atoms with E-state index in [-0.39, 0.29) is 12.2 Å². The predicted octanol–water partition coefficient (Wildman–Crippen LogP) is -0.0499. The number of nitrogens with two attached hydrogens (primary N) is 1.